The first-order valence-corrected chi connectivity index (χ1v) is 10.7. The fraction of sp³-hybridized carbons (Fsp3) is 0.789. The molecule has 26 heavy (non-hydrogen) atoms. The maximum atomic E-state index is 5.66. The van der Waals surface area contributed by atoms with Crippen LogP contribution in [-0.2, 0) is 11.2 Å². The zero-order valence-electron chi connectivity index (χ0n) is 16.8. The van der Waals surface area contributed by atoms with Crippen LogP contribution >= 0.6 is 11.3 Å². The van der Waals surface area contributed by atoms with Gasteiger partial charge in [0.15, 0.2) is 5.96 Å². The normalized spacial score (nSPS) is 17.0. The third-order valence-electron chi connectivity index (χ3n) is 4.40. The van der Waals surface area contributed by atoms with Crippen LogP contribution in [0.4, 0.5) is 0 Å². The molecular formula is C19H35N5OS. The summed E-state index contributed by atoms with van der Waals surface area (Å²) in [5.74, 6) is 0.933. The molecule has 7 heteroatoms. The summed E-state index contributed by atoms with van der Waals surface area (Å²) in [7, 11) is 0. The predicted octanol–water partition coefficient (Wildman–Crippen LogP) is 2.44. The van der Waals surface area contributed by atoms with Crippen molar-refractivity contribution in [2.45, 2.75) is 59.1 Å². The average molecular weight is 382 g/mol. The van der Waals surface area contributed by atoms with Crippen molar-refractivity contribution in [3.63, 3.8) is 0 Å². The molecule has 0 spiro atoms. The molecule has 6 nitrogen and oxygen atoms in total. The molecule has 1 aromatic rings. The standard InChI is InChI=1S/C19H35N5OS/c1-5-20-19(21-9-6-18-22-14-16(4)26-18)23-17-7-10-24(11-8-17)12-13-25-15(2)3/h14-15,17H,5-13H2,1-4H3,(H2,20,21,23). The molecule has 2 heterocycles. The van der Waals surface area contributed by atoms with Crippen LogP contribution in [0.5, 0.6) is 0 Å². The van der Waals surface area contributed by atoms with Crippen LogP contribution in [0, 0.1) is 6.92 Å². The molecule has 148 valence electrons. The van der Waals surface area contributed by atoms with Gasteiger partial charge in [0.2, 0.25) is 0 Å². The molecule has 0 amide bonds. The van der Waals surface area contributed by atoms with Crippen LogP contribution < -0.4 is 10.6 Å². The van der Waals surface area contributed by atoms with E-state index in [1.54, 1.807) is 11.3 Å². The molecule has 1 aromatic heterocycles. The Bertz CT molecular complexity index is 538. The van der Waals surface area contributed by atoms with Crippen molar-refractivity contribution in [1.29, 1.82) is 0 Å². The van der Waals surface area contributed by atoms with Crippen molar-refractivity contribution in [3.8, 4) is 0 Å². The number of likely N-dealkylation sites (tertiary alicyclic amines) is 1. The maximum Gasteiger partial charge on any atom is 0.191 e. The zero-order chi connectivity index (χ0) is 18.8. The Kier molecular flexibility index (Phi) is 9.36. The monoisotopic (exact) mass is 381 g/mol. The second-order valence-corrected chi connectivity index (χ2v) is 8.37. The molecule has 0 radical (unpaired) electrons. The highest BCUT2D eigenvalue weighted by Crippen LogP contribution is 2.12. The van der Waals surface area contributed by atoms with Gasteiger partial charge in [-0.05, 0) is 40.5 Å². The summed E-state index contributed by atoms with van der Waals surface area (Å²) in [5, 5.41) is 8.14. The molecular weight excluding hydrogens is 346 g/mol. The second kappa shape index (κ2) is 11.5. The highest BCUT2D eigenvalue weighted by atomic mass is 32.1. The molecule has 1 aliphatic heterocycles. The first-order valence-electron chi connectivity index (χ1n) is 9.87. The van der Waals surface area contributed by atoms with Gasteiger partial charge in [-0.3, -0.25) is 4.99 Å². The minimum atomic E-state index is 0.321. The molecule has 1 aliphatic rings. The average Bonchev–Trinajstić information content (AvgIpc) is 3.01. The topological polar surface area (TPSA) is 61.8 Å². The van der Waals surface area contributed by atoms with Crippen LogP contribution in [0.1, 0.15) is 43.5 Å². The van der Waals surface area contributed by atoms with E-state index in [2.05, 4.69) is 48.2 Å². The number of aryl methyl sites for hydroxylation is 1. The Labute approximate surface area is 162 Å². The third-order valence-corrected chi connectivity index (χ3v) is 5.37. The third kappa shape index (κ3) is 8.01. The van der Waals surface area contributed by atoms with E-state index >= 15 is 0 Å². The van der Waals surface area contributed by atoms with Crippen LogP contribution in [0.2, 0.25) is 0 Å². The summed E-state index contributed by atoms with van der Waals surface area (Å²) in [5.41, 5.74) is 0. The predicted molar refractivity (Wildman–Crippen MR) is 110 cm³/mol. The fourth-order valence-electron chi connectivity index (χ4n) is 3.01. The van der Waals surface area contributed by atoms with Crippen molar-refractivity contribution in [2.75, 3.05) is 39.3 Å². The van der Waals surface area contributed by atoms with E-state index in [1.165, 1.54) is 9.88 Å². The van der Waals surface area contributed by atoms with Crippen molar-refractivity contribution in [2.24, 2.45) is 4.99 Å². The summed E-state index contributed by atoms with van der Waals surface area (Å²) in [4.78, 5) is 12.9. The summed E-state index contributed by atoms with van der Waals surface area (Å²) in [6.45, 7) is 14.1. The lowest BCUT2D eigenvalue weighted by Crippen LogP contribution is -2.49. The number of aromatic nitrogens is 1. The van der Waals surface area contributed by atoms with Crippen LogP contribution in [0.15, 0.2) is 11.2 Å². The fourth-order valence-corrected chi connectivity index (χ4v) is 3.79. The number of hydrogen-bond donors (Lipinski definition) is 2. The SMILES string of the molecule is CCNC(=NCCc1ncc(C)s1)NC1CCN(CCOC(C)C)CC1. The van der Waals surface area contributed by atoms with Crippen LogP contribution in [0.25, 0.3) is 0 Å². The highest BCUT2D eigenvalue weighted by molar-refractivity contribution is 7.11. The van der Waals surface area contributed by atoms with E-state index in [1.807, 2.05) is 6.20 Å². The smallest absolute Gasteiger partial charge is 0.191 e. The van der Waals surface area contributed by atoms with Crippen LogP contribution in [-0.4, -0.2) is 67.3 Å². The number of rotatable bonds is 9. The van der Waals surface area contributed by atoms with Gasteiger partial charge in [0.05, 0.1) is 17.7 Å². The van der Waals surface area contributed by atoms with Crippen LogP contribution in [0.3, 0.4) is 0 Å². The van der Waals surface area contributed by atoms with Gasteiger partial charge >= 0.3 is 0 Å². The quantitative estimate of drug-likeness (QED) is 0.508. The Hall–Kier alpha value is -1.18. The second-order valence-electron chi connectivity index (χ2n) is 7.06. The molecule has 0 bridgehead atoms. The first kappa shape index (κ1) is 21.1. The van der Waals surface area contributed by atoms with E-state index < -0.39 is 0 Å². The lowest BCUT2D eigenvalue weighted by atomic mass is 10.1. The Morgan fingerprint density at radius 3 is 2.81 bits per heavy atom. The van der Waals surface area contributed by atoms with E-state index in [-0.39, 0.29) is 0 Å². The maximum absolute atomic E-state index is 5.66. The van der Waals surface area contributed by atoms with Crippen molar-refractivity contribution >= 4 is 17.3 Å². The molecule has 0 aromatic carbocycles. The largest absolute Gasteiger partial charge is 0.377 e. The summed E-state index contributed by atoms with van der Waals surface area (Å²) in [6.07, 6.45) is 5.47. The van der Waals surface area contributed by atoms with Gasteiger partial charge in [0.1, 0.15) is 0 Å². The van der Waals surface area contributed by atoms with Gasteiger partial charge in [-0.2, -0.15) is 0 Å². The molecule has 0 saturated carbocycles. The number of aliphatic imine (C=N–C) groups is 1. The first-order chi connectivity index (χ1) is 12.6. The summed E-state index contributed by atoms with van der Waals surface area (Å²) >= 11 is 1.76. The summed E-state index contributed by atoms with van der Waals surface area (Å²) in [6, 6.07) is 0.497. The van der Waals surface area contributed by atoms with E-state index in [0.29, 0.717) is 12.1 Å². The minimum Gasteiger partial charge on any atom is -0.377 e. The van der Waals surface area contributed by atoms with Gasteiger partial charge in [-0.25, -0.2) is 4.98 Å². The summed E-state index contributed by atoms with van der Waals surface area (Å²) < 4.78 is 5.66. The van der Waals surface area contributed by atoms with Crippen molar-refractivity contribution in [1.82, 2.24) is 20.5 Å². The molecule has 0 atom stereocenters. The zero-order valence-corrected chi connectivity index (χ0v) is 17.6. The van der Waals surface area contributed by atoms with Gasteiger partial charge in [-0.1, -0.05) is 0 Å². The van der Waals surface area contributed by atoms with Crippen molar-refractivity contribution < 1.29 is 4.74 Å². The molecule has 0 unspecified atom stereocenters. The molecule has 1 fully saturated rings. The number of nitrogens with one attached hydrogen (secondary N) is 2. The number of hydrogen-bond acceptors (Lipinski definition) is 5. The highest BCUT2D eigenvalue weighted by Gasteiger charge is 2.19. The molecule has 2 rings (SSSR count). The number of ether oxygens (including phenoxy) is 1. The van der Waals surface area contributed by atoms with Gasteiger partial charge in [0.25, 0.3) is 0 Å². The number of nitrogens with zero attached hydrogens (tertiary/aromatic N) is 3. The van der Waals surface area contributed by atoms with E-state index in [0.717, 1.165) is 64.6 Å². The number of piperidine rings is 1. The lowest BCUT2D eigenvalue weighted by molar-refractivity contribution is 0.0532. The molecule has 2 N–H and O–H groups in total. The Morgan fingerprint density at radius 1 is 1.42 bits per heavy atom. The molecule has 0 aliphatic carbocycles. The van der Waals surface area contributed by atoms with E-state index in [9.17, 15) is 0 Å². The Morgan fingerprint density at radius 2 is 2.19 bits per heavy atom. The van der Waals surface area contributed by atoms with Crippen molar-refractivity contribution in [3.05, 3.63) is 16.1 Å². The van der Waals surface area contributed by atoms with E-state index in [4.69, 9.17) is 9.73 Å². The number of thiazole rings is 1. The lowest BCUT2D eigenvalue weighted by Gasteiger charge is -2.33. The molecule has 1 saturated heterocycles. The number of guanidine groups is 1. The van der Waals surface area contributed by atoms with Gasteiger partial charge in [0, 0.05) is 56.3 Å². The van der Waals surface area contributed by atoms with Gasteiger partial charge < -0.3 is 20.3 Å². The van der Waals surface area contributed by atoms with Gasteiger partial charge in [-0.15, -0.1) is 11.3 Å². The Balaban J connectivity index is 1.71. The minimum absolute atomic E-state index is 0.321.